The molecule has 32 heavy (non-hydrogen) atoms. The van der Waals surface area contributed by atoms with E-state index in [-0.39, 0.29) is 11.5 Å². The molecule has 0 aromatic heterocycles. The smallest absolute Gasteiger partial charge is 0.398 e. The van der Waals surface area contributed by atoms with Gasteiger partial charge in [-0.1, -0.05) is 0 Å². The van der Waals surface area contributed by atoms with E-state index in [2.05, 4.69) is 9.47 Å². The van der Waals surface area contributed by atoms with E-state index < -0.39 is 47.0 Å². The molecule has 2 aromatic carbocycles. The zero-order valence-corrected chi connectivity index (χ0v) is 16.3. The van der Waals surface area contributed by atoms with Gasteiger partial charge in [0.1, 0.15) is 23.0 Å². The SMILES string of the molecule is CC(=O)Oc1ccc(OC2(Oc3ccc(OC(C)=O)cc3)C(F)(F)C(F)(F)C2(F)F)cc1. The van der Waals surface area contributed by atoms with Crippen molar-refractivity contribution in [2.24, 2.45) is 0 Å². The van der Waals surface area contributed by atoms with Crippen LogP contribution in [-0.2, 0) is 9.59 Å². The van der Waals surface area contributed by atoms with Crippen LogP contribution in [0.4, 0.5) is 26.3 Å². The van der Waals surface area contributed by atoms with Gasteiger partial charge in [-0.2, -0.15) is 26.3 Å². The Morgan fingerprint density at radius 1 is 0.562 bits per heavy atom. The van der Waals surface area contributed by atoms with Crippen molar-refractivity contribution in [3.05, 3.63) is 48.5 Å². The predicted octanol–water partition coefficient (Wildman–Crippen LogP) is 4.61. The van der Waals surface area contributed by atoms with Gasteiger partial charge in [0.2, 0.25) is 0 Å². The van der Waals surface area contributed by atoms with E-state index in [1.165, 1.54) is 0 Å². The van der Waals surface area contributed by atoms with Gasteiger partial charge < -0.3 is 18.9 Å². The van der Waals surface area contributed by atoms with E-state index in [0.29, 0.717) is 0 Å². The van der Waals surface area contributed by atoms with Crippen LogP contribution in [-0.4, -0.2) is 35.5 Å². The lowest BCUT2D eigenvalue weighted by Gasteiger charge is -2.56. The van der Waals surface area contributed by atoms with Gasteiger partial charge in [0.15, 0.2) is 0 Å². The summed E-state index contributed by atoms with van der Waals surface area (Å²) in [6, 6.07) is 7.50. The number of esters is 2. The molecule has 1 aliphatic rings. The van der Waals surface area contributed by atoms with Crippen LogP contribution < -0.4 is 18.9 Å². The summed E-state index contributed by atoms with van der Waals surface area (Å²) in [6.45, 7) is 2.16. The molecule has 172 valence electrons. The van der Waals surface area contributed by atoms with Crippen molar-refractivity contribution in [2.75, 3.05) is 0 Å². The number of halogens is 6. The molecule has 1 aliphatic carbocycles. The van der Waals surface area contributed by atoms with Crippen molar-refractivity contribution >= 4 is 11.9 Å². The van der Waals surface area contributed by atoms with Crippen LogP contribution in [0.2, 0.25) is 0 Å². The molecule has 0 N–H and O–H groups in total. The minimum Gasteiger partial charge on any atom is -0.442 e. The highest BCUT2D eigenvalue weighted by Gasteiger charge is 3.03. The third kappa shape index (κ3) is 3.49. The summed E-state index contributed by atoms with van der Waals surface area (Å²) in [5, 5.41) is 0. The van der Waals surface area contributed by atoms with Crippen molar-refractivity contribution in [3.63, 3.8) is 0 Å². The number of ether oxygens (including phenoxy) is 4. The van der Waals surface area contributed by atoms with Crippen LogP contribution in [0.3, 0.4) is 0 Å². The first kappa shape index (κ1) is 23.2. The number of carbonyl (C=O) groups excluding carboxylic acids is 2. The molecule has 2 aromatic rings. The monoisotopic (exact) mass is 464 g/mol. The molecule has 0 saturated heterocycles. The summed E-state index contributed by atoms with van der Waals surface area (Å²) < 4.78 is 104. The molecule has 12 heteroatoms. The third-order valence-corrected chi connectivity index (χ3v) is 4.31. The molecular formula is C20H14F6O6. The number of benzene rings is 2. The molecule has 0 spiro atoms. The second kappa shape index (κ2) is 7.61. The Hall–Kier alpha value is -3.44. The minimum atomic E-state index is -5.77. The quantitative estimate of drug-likeness (QED) is 0.269. The van der Waals surface area contributed by atoms with Gasteiger partial charge in [-0.25, -0.2) is 0 Å². The Morgan fingerprint density at radius 2 is 0.844 bits per heavy atom. The van der Waals surface area contributed by atoms with E-state index >= 15 is 0 Å². The number of carbonyl (C=O) groups is 2. The molecule has 0 heterocycles. The Morgan fingerprint density at radius 3 is 1.12 bits per heavy atom. The van der Waals surface area contributed by atoms with Gasteiger partial charge in [0, 0.05) is 13.8 Å². The molecule has 0 amide bonds. The molecule has 0 atom stereocenters. The zero-order valence-electron chi connectivity index (χ0n) is 16.3. The first-order chi connectivity index (χ1) is 14.7. The van der Waals surface area contributed by atoms with Gasteiger partial charge in [0.25, 0.3) is 0 Å². The highest BCUT2D eigenvalue weighted by atomic mass is 19.4. The van der Waals surface area contributed by atoms with E-state index in [1.54, 1.807) is 0 Å². The van der Waals surface area contributed by atoms with Gasteiger partial charge in [-0.3, -0.25) is 9.59 Å². The van der Waals surface area contributed by atoms with Gasteiger partial charge in [-0.15, -0.1) is 0 Å². The van der Waals surface area contributed by atoms with Gasteiger partial charge >= 0.3 is 35.5 Å². The maximum atomic E-state index is 14.4. The summed E-state index contributed by atoms with van der Waals surface area (Å²) in [6.07, 6.45) is 0. The van der Waals surface area contributed by atoms with Crippen LogP contribution in [0.15, 0.2) is 48.5 Å². The maximum absolute atomic E-state index is 14.4. The summed E-state index contributed by atoms with van der Waals surface area (Å²) in [4.78, 5) is 21.9. The Bertz CT molecular complexity index is 938. The average Bonchev–Trinajstić information content (AvgIpc) is 2.68. The lowest BCUT2D eigenvalue weighted by Crippen LogP contribution is -2.90. The number of rotatable bonds is 6. The maximum Gasteiger partial charge on any atom is 0.398 e. The normalized spacial score (nSPS) is 19.2. The van der Waals surface area contributed by atoms with Crippen LogP contribution >= 0.6 is 0 Å². The second-order valence-corrected chi connectivity index (χ2v) is 6.67. The average molecular weight is 464 g/mol. The highest BCUT2D eigenvalue weighted by Crippen LogP contribution is 2.68. The molecule has 0 radical (unpaired) electrons. The fraction of sp³-hybridized carbons (Fsp3) is 0.300. The number of hydrogen-bond donors (Lipinski definition) is 0. The Kier molecular flexibility index (Phi) is 5.52. The fourth-order valence-corrected chi connectivity index (χ4v) is 2.84. The van der Waals surface area contributed by atoms with Crippen molar-refractivity contribution in [2.45, 2.75) is 37.4 Å². The van der Waals surface area contributed by atoms with Crippen molar-refractivity contribution < 1.29 is 54.9 Å². The zero-order chi connectivity index (χ0) is 23.9. The summed E-state index contributed by atoms with van der Waals surface area (Å²) in [5.41, 5.74) is 0. The Labute approximate surface area is 176 Å². The van der Waals surface area contributed by atoms with Crippen LogP contribution in [0.1, 0.15) is 13.8 Å². The summed E-state index contributed by atoms with van der Waals surface area (Å²) in [7, 11) is 0. The van der Waals surface area contributed by atoms with Crippen molar-refractivity contribution in [1.29, 1.82) is 0 Å². The van der Waals surface area contributed by atoms with E-state index in [0.717, 1.165) is 62.4 Å². The largest absolute Gasteiger partial charge is 0.442 e. The minimum absolute atomic E-state index is 0.0710. The Balaban J connectivity index is 1.96. The highest BCUT2D eigenvalue weighted by molar-refractivity contribution is 5.69. The molecule has 0 bridgehead atoms. The standard InChI is InChI=1S/C20H14F6O6/c1-11(27)29-13-3-7-15(8-4-13)31-20(18(23,24)17(21,22)19(20,25)26)32-16-9-5-14(6-10-16)30-12(2)28/h3-10H,1-2H3. The first-order valence-corrected chi connectivity index (χ1v) is 8.82. The van der Waals surface area contributed by atoms with Crippen LogP contribution in [0.5, 0.6) is 23.0 Å². The molecule has 1 saturated carbocycles. The number of hydrogen-bond acceptors (Lipinski definition) is 6. The predicted molar refractivity (Wildman–Crippen MR) is 94.3 cm³/mol. The summed E-state index contributed by atoms with van der Waals surface area (Å²) >= 11 is 0. The van der Waals surface area contributed by atoms with Crippen LogP contribution in [0.25, 0.3) is 0 Å². The lowest BCUT2D eigenvalue weighted by molar-refractivity contribution is -0.527. The molecule has 6 nitrogen and oxygen atoms in total. The topological polar surface area (TPSA) is 71.1 Å². The molecular weight excluding hydrogens is 450 g/mol. The van der Waals surface area contributed by atoms with E-state index in [1.807, 2.05) is 0 Å². The molecule has 0 unspecified atom stereocenters. The molecule has 1 fully saturated rings. The van der Waals surface area contributed by atoms with E-state index in [4.69, 9.17) is 9.47 Å². The summed E-state index contributed by atoms with van der Waals surface area (Å²) in [5.74, 6) is -24.0. The number of alkyl halides is 6. The van der Waals surface area contributed by atoms with Crippen molar-refractivity contribution in [1.82, 2.24) is 0 Å². The fourth-order valence-electron chi connectivity index (χ4n) is 2.84. The van der Waals surface area contributed by atoms with Crippen molar-refractivity contribution in [3.8, 4) is 23.0 Å². The lowest BCUT2D eigenvalue weighted by atomic mass is 9.76. The first-order valence-electron chi connectivity index (χ1n) is 8.82. The van der Waals surface area contributed by atoms with E-state index in [9.17, 15) is 35.9 Å². The third-order valence-electron chi connectivity index (χ3n) is 4.31. The van der Waals surface area contributed by atoms with Crippen LogP contribution in [0, 0.1) is 0 Å². The van der Waals surface area contributed by atoms with Gasteiger partial charge in [0.05, 0.1) is 0 Å². The molecule has 0 aliphatic heterocycles. The van der Waals surface area contributed by atoms with Gasteiger partial charge in [-0.05, 0) is 48.5 Å². The molecule has 3 rings (SSSR count). The second-order valence-electron chi connectivity index (χ2n) is 6.67.